The van der Waals surface area contributed by atoms with Crippen LogP contribution in [0.5, 0.6) is 0 Å². The minimum absolute atomic E-state index is 0.716. The molecule has 1 aromatic rings. The molecule has 0 aromatic carbocycles. The van der Waals surface area contributed by atoms with Gasteiger partial charge in [0.2, 0.25) is 0 Å². The summed E-state index contributed by atoms with van der Waals surface area (Å²) in [6, 6.07) is 3.90. The van der Waals surface area contributed by atoms with Crippen LogP contribution >= 0.6 is 0 Å². The van der Waals surface area contributed by atoms with Crippen molar-refractivity contribution in [1.82, 2.24) is 9.88 Å². The third-order valence-corrected chi connectivity index (χ3v) is 1.74. The molecule has 76 valence electrons. The third-order valence-electron chi connectivity index (χ3n) is 1.74. The second-order valence-corrected chi connectivity index (χ2v) is 3.29. The Bertz CT molecular complexity index is 331. The van der Waals surface area contributed by atoms with E-state index in [-0.39, 0.29) is 0 Å². The van der Waals surface area contributed by atoms with E-state index >= 15 is 0 Å². The average Bonchev–Trinajstić information content (AvgIpc) is 2.16. The Balaban J connectivity index is 2.89. The van der Waals surface area contributed by atoms with Crippen LogP contribution in [0.15, 0.2) is 17.1 Å². The lowest BCUT2D eigenvalue weighted by atomic mass is 10.3. The fourth-order valence-corrected chi connectivity index (χ4v) is 1.02. The van der Waals surface area contributed by atoms with E-state index in [1.54, 1.807) is 6.34 Å². The lowest BCUT2D eigenvalue weighted by Gasteiger charge is -2.05. The van der Waals surface area contributed by atoms with E-state index < -0.39 is 0 Å². The lowest BCUT2D eigenvalue weighted by molar-refractivity contribution is 0.643. The van der Waals surface area contributed by atoms with Crippen molar-refractivity contribution in [1.29, 1.82) is 0 Å². The van der Waals surface area contributed by atoms with E-state index in [2.05, 4.69) is 15.3 Å². The zero-order chi connectivity index (χ0) is 10.6. The standard InChI is InChI=1S/C10H16N4/c1-8-5-6-9(12-7-14(3)4)13-10(8)11-2/h5-7H,1-4H3,(H,11,13). The number of rotatable bonds is 3. The summed E-state index contributed by atoms with van der Waals surface area (Å²) in [5, 5.41) is 3.02. The monoisotopic (exact) mass is 192 g/mol. The highest BCUT2D eigenvalue weighted by molar-refractivity contribution is 5.60. The number of hydrogen-bond acceptors (Lipinski definition) is 3. The van der Waals surface area contributed by atoms with E-state index in [4.69, 9.17) is 0 Å². The third kappa shape index (κ3) is 2.73. The van der Waals surface area contributed by atoms with Crippen molar-refractivity contribution >= 4 is 18.0 Å². The first-order chi connectivity index (χ1) is 6.63. The molecule has 1 heterocycles. The SMILES string of the molecule is CNc1nc(N=CN(C)C)ccc1C. The van der Waals surface area contributed by atoms with E-state index in [1.807, 2.05) is 45.1 Å². The van der Waals surface area contributed by atoms with E-state index in [0.29, 0.717) is 5.82 Å². The van der Waals surface area contributed by atoms with Crippen molar-refractivity contribution < 1.29 is 0 Å². The van der Waals surface area contributed by atoms with Crippen LogP contribution in [0.25, 0.3) is 0 Å². The maximum atomic E-state index is 4.33. The van der Waals surface area contributed by atoms with Gasteiger partial charge in [0.15, 0.2) is 5.82 Å². The number of nitrogens with one attached hydrogen (secondary N) is 1. The van der Waals surface area contributed by atoms with E-state index in [9.17, 15) is 0 Å². The maximum absolute atomic E-state index is 4.33. The molecule has 1 N–H and O–H groups in total. The minimum atomic E-state index is 0.716. The van der Waals surface area contributed by atoms with Crippen LogP contribution in [-0.4, -0.2) is 37.4 Å². The van der Waals surface area contributed by atoms with Crippen LogP contribution in [0, 0.1) is 6.92 Å². The maximum Gasteiger partial charge on any atom is 0.155 e. The molecule has 0 aliphatic carbocycles. The Kier molecular flexibility index (Phi) is 3.45. The topological polar surface area (TPSA) is 40.5 Å². The van der Waals surface area contributed by atoms with Crippen LogP contribution in [0.1, 0.15) is 5.56 Å². The predicted molar refractivity (Wildman–Crippen MR) is 60.4 cm³/mol. The number of aryl methyl sites for hydroxylation is 1. The largest absolute Gasteiger partial charge is 0.373 e. The van der Waals surface area contributed by atoms with Crippen molar-refractivity contribution in [2.45, 2.75) is 6.92 Å². The summed E-state index contributed by atoms with van der Waals surface area (Å²) in [6.45, 7) is 2.01. The lowest BCUT2D eigenvalue weighted by Crippen LogP contribution is -2.07. The molecular formula is C10H16N4. The Morgan fingerprint density at radius 3 is 2.71 bits per heavy atom. The molecule has 0 radical (unpaired) electrons. The molecule has 0 aliphatic heterocycles. The highest BCUT2D eigenvalue weighted by Crippen LogP contribution is 2.16. The molecule has 1 aromatic heterocycles. The molecular weight excluding hydrogens is 176 g/mol. The quantitative estimate of drug-likeness (QED) is 0.585. The molecule has 0 spiro atoms. The molecule has 4 nitrogen and oxygen atoms in total. The molecule has 0 saturated carbocycles. The Morgan fingerprint density at radius 1 is 1.43 bits per heavy atom. The number of hydrogen-bond donors (Lipinski definition) is 1. The Labute approximate surface area is 84.7 Å². The fourth-order valence-electron chi connectivity index (χ4n) is 1.02. The number of pyridine rings is 1. The van der Waals surface area contributed by atoms with Crippen LogP contribution in [0.3, 0.4) is 0 Å². The molecule has 1 rings (SSSR count). The zero-order valence-corrected chi connectivity index (χ0v) is 9.07. The smallest absolute Gasteiger partial charge is 0.155 e. The van der Waals surface area contributed by atoms with Gasteiger partial charge in [0.05, 0.1) is 6.34 Å². The van der Waals surface area contributed by atoms with E-state index in [0.717, 1.165) is 11.4 Å². The van der Waals surface area contributed by atoms with Gasteiger partial charge in [-0.15, -0.1) is 0 Å². The van der Waals surface area contributed by atoms with Gasteiger partial charge in [-0.05, 0) is 18.6 Å². The van der Waals surface area contributed by atoms with Crippen LogP contribution < -0.4 is 5.32 Å². The van der Waals surface area contributed by atoms with E-state index in [1.165, 1.54) is 0 Å². The van der Waals surface area contributed by atoms with Gasteiger partial charge in [-0.1, -0.05) is 6.07 Å². The van der Waals surface area contributed by atoms with Gasteiger partial charge in [-0.25, -0.2) is 9.98 Å². The summed E-state index contributed by atoms with van der Waals surface area (Å²) in [6.07, 6.45) is 1.73. The first-order valence-electron chi connectivity index (χ1n) is 4.49. The van der Waals surface area contributed by atoms with Gasteiger partial charge in [0.25, 0.3) is 0 Å². The highest BCUT2D eigenvalue weighted by atomic mass is 15.1. The normalized spacial score (nSPS) is 10.6. The Morgan fingerprint density at radius 2 is 2.14 bits per heavy atom. The molecule has 0 bridgehead atoms. The highest BCUT2D eigenvalue weighted by Gasteiger charge is 1.97. The molecule has 14 heavy (non-hydrogen) atoms. The second-order valence-electron chi connectivity index (χ2n) is 3.29. The summed E-state index contributed by atoms with van der Waals surface area (Å²) in [5.74, 6) is 1.59. The minimum Gasteiger partial charge on any atom is -0.373 e. The number of nitrogens with zero attached hydrogens (tertiary/aromatic N) is 3. The average molecular weight is 192 g/mol. The zero-order valence-electron chi connectivity index (χ0n) is 9.07. The number of aliphatic imine (C=N–C) groups is 1. The van der Waals surface area contributed by atoms with Gasteiger partial charge < -0.3 is 10.2 Å². The molecule has 0 atom stereocenters. The van der Waals surface area contributed by atoms with Gasteiger partial charge in [-0.2, -0.15) is 0 Å². The molecule has 0 aliphatic rings. The van der Waals surface area contributed by atoms with Crippen molar-refractivity contribution in [2.24, 2.45) is 4.99 Å². The molecule has 4 heteroatoms. The summed E-state index contributed by atoms with van der Waals surface area (Å²) in [7, 11) is 5.71. The van der Waals surface area contributed by atoms with Crippen LogP contribution in [0.2, 0.25) is 0 Å². The van der Waals surface area contributed by atoms with Crippen molar-refractivity contribution in [3.63, 3.8) is 0 Å². The molecule has 0 fully saturated rings. The summed E-state index contributed by atoms with van der Waals surface area (Å²) in [4.78, 5) is 10.4. The molecule has 0 amide bonds. The molecule has 0 unspecified atom stereocenters. The van der Waals surface area contributed by atoms with Crippen LogP contribution in [-0.2, 0) is 0 Å². The van der Waals surface area contributed by atoms with Gasteiger partial charge >= 0.3 is 0 Å². The van der Waals surface area contributed by atoms with Crippen molar-refractivity contribution in [2.75, 3.05) is 26.5 Å². The van der Waals surface area contributed by atoms with Gasteiger partial charge in [0, 0.05) is 21.1 Å². The van der Waals surface area contributed by atoms with Crippen molar-refractivity contribution in [3.05, 3.63) is 17.7 Å². The van der Waals surface area contributed by atoms with Crippen molar-refractivity contribution in [3.8, 4) is 0 Å². The number of anilines is 1. The second kappa shape index (κ2) is 4.60. The Hall–Kier alpha value is -1.58. The van der Waals surface area contributed by atoms with Gasteiger partial charge in [-0.3, -0.25) is 0 Å². The predicted octanol–water partition coefficient (Wildman–Crippen LogP) is 1.65. The van der Waals surface area contributed by atoms with Crippen LogP contribution in [0.4, 0.5) is 11.6 Å². The fraction of sp³-hybridized carbons (Fsp3) is 0.400. The number of aromatic nitrogens is 1. The van der Waals surface area contributed by atoms with Gasteiger partial charge in [0.1, 0.15) is 5.82 Å². The summed E-state index contributed by atoms with van der Waals surface area (Å²) in [5.41, 5.74) is 1.12. The first-order valence-corrected chi connectivity index (χ1v) is 4.49. The summed E-state index contributed by atoms with van der Waals surface area (Å²) >= 11 is 0. The molecule has 0 saturated heterocycles. The summed E-state index contributed by atoms with van der Waals surface area (Å²) < 4.78 is 0. The first kappa shape index (κ1) is 10.5.